The third kappa shape index (κ3) is 7.93. The number of halogens is 2. The largest absolute Gasteiger partial charge is 0.452 e. The van der Waals surface area contributed by atoms with Crippen LogP contribution in [0.4, 0.5) is 8.78 Å². The lowest BCUT2D eigenvalue weighted by molar-refractivity contribution is 0.100. The van der Waals surface area contributed by atoms with Crippen LogP contribution in [0, 0.1) is 37.3 Å². The summed E-state index contributed by atoms with van der Waals surface area (Å²) >= 11 is 0. The quantitative estimate of drug-likeness (QED) is 0.166. The second-order valence-corrected chi connectivity index (χ2v) is 17.4. The van der Waals surface area contributed by atoms with E-state index in [2.05, 4.69) is 9.98 Å². The number of carbonyl (C=O) groups is 2. The number of ketones is 2. The van der Waals surface area contributed by atoms with Gasteiger partial charge in [-0.3, -0.25) is 19.6 Å². The highest BCUT2D eigenvalue weighted by atomic mass is 19.1. The summed E-state index contributed by atoms with van der Waals surface area (Å²) in [6, 6.07) is 18.7. The number of Topliss-reactive ketones (excluding diaryl/α,β-unsaturated/α-hetero) is 2. The van der Waals surface area contributed by atoms with E-state index in [0.717, 1.165) is 70.5 Å². The Morgan fingerprint density at radius 3 is 1.40 bits per heavy atom. The zero-order chi connectivity index (χ0) is 41.3. The van der Waals surface area contributed by atoms with Crippen LogP contribution in [-0.2, 0) is 25.9 Å². The van der Waals surface area contributed by atoms with E-state index in [1.165, 1.54) is 76.3 Å². The molecule has 4 heterocycles. The van der Waals surface area contributed by atoms with Crippen LogP contribution in [0.15, 0.2) is 94.3 Å². The van der Waals surface area contributed by atoms with Gasteiger partial charge in [-0.25, -0.2) is 8.78 Å². The minimum absolute atomic E-state index is 0.240. The molecule has 0 spiro atoms. The number of hydrogen-bond donors (Lipinski definition) is 0. The van der Waals surface area contributed by atoms with Gasteiger partial charge < -0.3 is 9.47 Å². The number of aliphatic imine (C=N–C) groups is 2. The number of ether oxygens (including phenoxy) is 2. The average molecular weight is 807 g/mol. The summed E-state index contributed by atoms with van der Waals surface area (Å²) in [6.07, 6.45) is 19.8. The van der Waals surface area contributed by atoms with Crippen molar-refractivity contribution in [2.24, 2.45) is 21.8 Å². The van der Waals surface area contributed by atoms with E-state index in [1.807, 2.05) is 48.5 Å². The lowest BCUT2D eigenvalue weighted by atomic mass is 9.84. The van der Waals surface area contributed by atoms with E-state index in [0.29, 0.717) is 58.7 Å². The van der Waals surface area contributed by atoms with Crippen LogP contribution in [0.2, 0.25) is 0 Å². The number of benzene rings is 4. The molecular formula is C52H52F2N2O4. The van der Waals surface area contributed by atoms with E-state index >= 15 is 0 Å². The molecule has 0 bridgehead atoms. The highest BCUT2D eigenvalue weighted by molar-refractivity contribution is 6.20. The summed E-state index contributed by atoms with van der Waals surface area (Å²) < 4.78 is 41.4. The van der Waals surface area contributed by atoms with E-state index in [4.69, 9.17) is 9.47 Å². The fourth-order valence-electron chi connectivity index (χ4n) is 9.97. The van der Waals surface area contributed by atoms with Gasteiger partial charge in [0, 0.05) is 34.4 Å². The van der Waals surface area contributed by atoms with E-state index < -0.39 is 0 Å². The topological polar surface area (TPSA) is 77.3 Å². The summed E-state index contributed by atoms with van der Waals surface area (Å²) in [5, 5.41) is 0. The molecule has 4 aromatic rings. The second kappa shape index (κ2) is 17.2. The van der Waals surface area contributed by atoms with Gasteiger partial charge >= 0.3 is 0 Å². The molecule has 60 heavy (non-hydrogen) atoms. The Hall–Kier alpha value is -5.50. The van der Waals surface area contributed by atoms with Gasteiger partial charge in [0.05, 0.1) is 35.6 Å². The van der Waals surface area contributed by atoms with Crippen LogP contribution in [0.3, 0.4) is 0 Å². The minimum Gasteiger partial charge on any atom is -0.452 e. The van der Waals surface area contributed by atoms with Crippen LogP contribution in [0.5, 0.6) is 11.5 Å². The molecule has 2 fully saturated rings. The van der Waals surface area contributed by atoms with Gasteiger partial charge in [-0.15, -0.1) is 0 Å². The lowest BCUT2D eigenvalue weighted by Crippen LogP contribution is -2.08. The fraction of sp³-hybridized carbons (Fsp3) is 0.385. The monoisotopic (exact) mass is 806 g/mol. The predicted octanol–water partition coefficient (Wildman–Crippen LogP) is 12.2. The van der Waals surface area contributed by atoms with Crippen molar-refractivity contribution in [2.75, 3.05) is 0 Å². The molecule has 4 aromatic carbocycles. The molecule has 0 atom stereocenters. The number of nitrogens with zero attached hydrogens (tertiary/aromatic N) is 2. The molecule has 0 aromatic heterocycles. The molecule has 0 N–H and O–H groups in total. The summed E-state index contributed by atoms with van der Waals surface area (Å²) in [5.74, 6) is 1.80. The molecule has 0 radical (unpaired) electrons. The van der Waals surface area contributed by atoms with Crippen LogP contribution >= 0.6 is 0 Å². The van der Waals surface area contributed by atoms with Gasteiger partial charge in [0.2, 0.25) is 11.6 Å². The fourth-order valence-corrected chi connectivity index (χ4v) is 9.97. The van der Waals surface area contributed by atoms with Crippen molar-refractivity contribution in [2.45, 2.75) is 117 Å². The Morgan fingerprint density at radius 2 is 0.983 bits per heavy atom. The molecule has 2 aliphatic carbocycles. The van der Waals surface area contributed by atoms with Gasteiger partial charge in [0.15, 0.2) is 11.5 Å². The number of fused-ring (bicyclic) bond motifs is 4. The smallest absolute Gasteiger partial charge is 0.232 e. The van der Waals surface area contributed by atoms with Gasteiger partial charge in [-0.2, -0.15) is 0 Å². The van der Waals surface area contributed by atoms with Crippen LogP contribution in [-0.4, -0.2) is 23.0 Å². The average Bonchev–Trinajstić information content (AvgIpc) is 4.04. The molecular weight excluding hydrogens is 755 g/mol. The third-order valence-electron chi connectivity index (χ3n) is 13.6. The maximum absolute atomic E-state index is 14.7. The predicted molar refractivity (Wildman–Crippen MR) is 232 cm³/mol. The SMILES string of the molecule is Cc1c(F)cc2c(c1CCC1CCCCC1)O/C(=C\C1=NCc3ccccc31)C2=O.Cc1c(F)cc2c(c1CCC1CCCCC1)O/C(=C\C1=NCc3ccccc31)C2=O. The Kier molecular flexibility index (Phi) is 11.5. The zero-order valence-corrected chi connectivity index (χ0v) is 34.7. The number of carbonyl (C=O) groups excluding carboxylic acids is 2. The third-order valence-corrected chi connectivity index (χ3v) is 13.6. The zero-order valence-electron chi connectivity index (χ0n) is 34.7. The molecule has 4 aliphatic heterocycles. The van der Waals surface area contributed by atoms with Gasteiger partial charge in [-0.1, -0.05) is 113 Å². The Labute approximate surface area is 351 Å². The van der Waals surface area contributed by atoms with Crippen molar-refractivity contribution in [1.82, 2.24) is 0 Å². The number of hydrogen-bond acceptors (Lipinski definition) is 6. The molecule has 10 rings (SSSR count). The molecule has 308 valence electrons. The van der Waals surface area contributed by atoms with Gasteiger partial charge in [0.1, 0.15) is 23.1 Å². The highest BCUT2D eigenvalue weighted by Gasteiger charge is 2.35. The van der Waals surface area contributed by atoms with Crippen LogP contribution < -0.4 is 9.47 Å². The molecule has 0 unspecified atom stereocenters. The summed E-state index contributed by atoms with van der Waals surface area (Å²) in [7, 11) is 0. The Morgan fingerprint density at radius 1 is 0.583 bits per heavy atom. The van der Waals surface area contributed by atoms with Crippen LogP contribution in [0.1, 0.15) is 142 Å². The van der Waals surface area contributed by atoms with Gasteiger partial charge in [0.25, 0.3) is 0 Å². The molecule has 2 saturated carbocycles. The van der Waals surface area contributed by atoms with Crippen LogP contribution in [0.25, 0.3) is 0 Å². The first-order valence-electron chi connectivity index (χ1n) is 22.0. The Balaban J connectivity index is 0.000000154. The van der Waals surface area contributed by atoms with Crippen molar-refractivity contribution in [3.8, 4) is 11.5 Å². The van der Waals surface area contributed by atoms with Crippen molar-refractivity contribution in [1.29, 1.82) is 0 Å². The lowest BCUT2D eigenvalue weighted by Gasteiger charge is -2.22. The van der Waals surface area contributed by atoms with Crippen molar-refractivity contribution in [3.63, 3.8) is 0 Å². The summed E-state index contributed by atoms with van der Waals surface area (Å²) in [5.41, 5.74) is 9.42. The standard InChI is InChI=1S/2C26H26FNO2/c2*1-16-19(12-11-17-7-3-2-4-8-17)26-21(13-22(16)27)25(29)24(30-26)14-23-20-10-6-5-9-18(20)15-28-23/h2*5-6,9-10,13-14,17H,2-4,7-8,11-12,15H2,1H3/b2*24-14-. The first-order chi connectivity index (χ1) is 29.2. The first kappa shape index (κ1) is 39.9. The van der Waals surface area contributed by atoms with Crippen molar-refractivity contribution >= 4 is 23.0 Å². The maximum Gasteiger partial charge on any atom is 0.232 e. The van der Waals surface area contributed by atoms with E-state index in [9.17, 15) is 18.4 Å². The minimum atomic E-state index is -0.325. The summed E-state index contributed by atoms with van der Waals surface area (Å²) in [6.45, 7) is 4.80. The maximum atomic E-state index is 14.7. The molecule has 6 aliphatic rings. The molecule has 0 amide bonds. The normalized spacial score (nSPS) is 19.6. The summed E-state index contributed by atoms with van der Waals surface area (Å²) in [4.78, 5) is 35.1. The van der Waals surface area contributed by atoms with E-state index in [-0.39, 0.29) is 34.7 Å². The highest BCUT2D eigenvalue weighted by Crippen LogP contribution is 2.42. The van der Waals surface area contributed by atoms with Crippen molar-refractivity contribution < 1.29 is 27.8 Å². The van der Waals surface area contributed by atoms with Crippen molar-refractivity contribution in [3.05, 3.63) is 152 Å². The molecule has 0 saturated heterocycles. The van der Waals surface area contributed by atoms with Gasteiger partial charge in [-0.05, 0) is 85.8 Å². The number of allylic oxidation sites excluding steroid dienone is 4. The second-order valence-electron chi connectivity index (χ2n) is 17.4. The van der Waals surface area contributed by atoms with E-state index in [1.54, 1.807) is 26.0 Å². The first-order valence-corrected chi connectivity index (χ1v) is 22.0. The Bertz CT molecular complexity index is 2330. The molecule has 8 heteroatoms. The number of rotatable bonds is 8. The molecule has 6 nitrogen and oxygen atoms in total.